The van der Waals surface area contributed by atoms with Crippen molar-refractivity contribution in [3.8, 4) is 0 Å². The predicted octanol–water partition coefficient (Wildman–Crippen LogP) is 3.22. The molecule has 0 unspecified atom stereocenters. The van der Waals surface area contributed by atoms with Crippen molar-refractivity contribution < 1.29 is 4.65 Å². The van der Waals surface area contributed by atoms with Crippen molar-refractivity contribution in [2.45, 2.75) is 52.2 Å². The fraction of sp³-hybridized carbons (Fsp3) is 1.00. The molecule has 0 saturated carbocycles. The standard InChI is InChI=1S/C9H21BO/c1-4-6-8-10(11-3)9-7-5-2/h4-9H2,1-3H3. The molecule has 2 heteroatoms. The predicted molar refractivity (Wildman–Crippen MR) is 52.2 cm³/mol. The highest BCUT2D eigenvalue weighted by molar-refractivity contribution is 6.51. The van der Waals surface area contributed by atoms with Crippen molar-refractivity contribution in [2.24, 2.45) is 0 Å². The highest BCUT2D eigenvalue weighted by Crippen LogP contribution is 2.09. The van der Waals surface area contributed by atoms with Gasteiger partial charge in [-0.15, -0.1) is 0 Å². The molecule has 0 amide bonds. The van der Waals surface area contributed by atoms with Crippen LogP contribution < -0.4 is 0 Å². The van der Waals surface area contributed by atoms with Gasteiger partial charge in [-0.1, -0.05) is 39.5 Å². The van der Waals surface area contributed by atoms with Gasteiger partial charge in [-0.3, -0.25) is 0 Å². The van der Waals surface area contributed by atoms with Crippen LogP contribution in [0.3, 0.4) is 0 Å². The van der Waals surface area contributed by atoms with Crippen molar-refractivity contribution in [1.29, 1.82) is 0 Å². The maximum Gasteiger partial charge on any atom is 0.292 e. The van der Waals surface area contributed by atoms with Crippen LogP contribution in [0.15, 0.2) is 0 Å². The Kier molecular flexibility index (Phi) is 8.14. The molecule has 0 bridgehead atoms. The quantitative estimate of drug-likeness (QED) is 0.514. The zero-order valence-corrected chi connectivity index (χ0v) is 8.23. The normalized spacial score (nSPS) is 10.1. The van der Waals surface area contributed by atoms with Crippen LogP contribution in [0.5, 0.6) is 0 Å². The van der Waals surface area contributed by atoms with Crippen LogP contribution in [0.2, 0.25) is 12.6 Å². The second-order valence-electron chi connectivity index (χ2n) is 3.14. The average Bonchev–Trinajstić information content (AvgIpc) is 2.05. The van der Waals surface area contributed by atoms with Crippen molar-refractivity contribution >= 4 is 6.92 Å². The highest BCUT2D eigenvalue weighted by atomic mass is 16.4. The number of unbranched alkanes of at least 4 members (excludes halogenated alkanes) is 2. The molecule has 0 N–H and O–H groups in total. The van der Waals surface area contributed by atoms with Gasteiger partial charge in [-0.25, -0.2) is 0 Å². The van der Waals surface area contributed by atoms with Gasteiger partial charge in [0.05, 0.1) is 0 Å². The SMILES string of the molecule is CCCCB(CCCC)OC. The molecular weight excluding hydrogens is 135 g/mol. The maximum atomic E-state index is 5.35. The summed E-state index contributed by atoms with van der Waals surface area (Å²) in [6, 6.07) is 0. The van der Waals surface area contributed by atoms with E-state index in [1.54, 1.807) is 0 Å². The molecule has 0 fully saturated rings. The van der Waals surface area contributed by atoms with Gasteiger partial charge in [-0.2, -0.15) is 0 Å². The van der Waals surface area contributed by atoms with Crippen LogP contribution in [0.25, 0.3) is 0 Å². The molecule has 0 aliphatic heterocycles. The molecule has 0 aliphatic rings. The number of rotatable bonds is 7. The monoisotopic (exact) mass is 156 g/mol. The Hall–Kier alpha value is 0.0249. The van der Waals surface area contributed by atoms with Crippen LogP contribution in [0.4, 0.5) is 0 Å². The molecule has 0 aliphatic carbocycles. The van der Waals surface area contributed by atoms with Gasteiger partial charge in [-0.05, 0) is 12.6 Å². The molecule has 0 rings (SSSR count). The Bertz CT molecular complexity index is 68.0. The Labute approximate surface area is 71.6 Å². The van der Waals surface area contributed by atoms with E-state index in [1.807, 2.05) is 7.11 Å². The molecular formula is C9H21BO. The lowest BCUT2D eigenvalue weighted by Gasteiger charge is -2.08. The molecule has 0 radical (unpaired) electrons. The lowest BCUT2D eigenvalue weighted by Crippen LogP contribution is -2.14. The Balaban J connectivity index is 3.25. The van der Waals surface area contributed by atoms with E-state index in [2.05, 4.69) is 13.8 Å². The lowest BCUT2D eigenvalue weighted by molar-refractivity contribution is 0.414. The van der Waals surface area contributed by atoms with Gasteiger partial charge < -0.3 is 4.65 Å². The van der Waals surface area contributed by atoms with Crippen LogP contribution >= 0.6 is 0 Å². The first-order chi connectivity index (χ1) is 5.35. The number of hydrogen-bond acceptors (Lipinski definition) is 1. The largest absolute Gasteiger partial charge is 0.439 e. The molecule has 11 heavy (non-hydrogen) atoms. The van der Waals surface area contributed by atoms with E-state index in [1.165, 1.54) is 38.3 Å². The summed E-state index contributed by atoms with van der Waals surface area (Å²) < 4.78 is 5.35. The molecule has 0 aromatic carbocycles. The van der Waals surface area contributed by atoms with Gasteiger partial charge in [0.15, 0.2) is 0 Å². The van der Waals surface area contributed by atoms with Crippen LogP contribution in [-0.2, 0) is 4.65 Å². The first-order valence-corrected chi connectivity index (χ1v) is 4.87. The Morgan fingerprint density at radius 2 is 1.45 bits per heavy atom. The molecule has 0 spiro atoms. The van der Waals surface area contributed by atoms with E-state index < -0.39 is 0 Å². The molecule has 66 valence electrons. The third-order valence-corrected chi connectivity index (χ3v) is 2.09. The molecule has 0 aromatic rings. The fourth-order valence-electron chi connectivity index (χ4n) is 1.24. The molecule has 0 saturated heterocycles. The first kappa shape index (κ1) is 11.0. The lowest BCUT2D eigenvalue weighted by atomic mass is 9.59. The van der Waals surface area contributed by atoms with Crippen LogP contribution in [0, 0.1) is 0 Å². The van der Waals surface area contributed by atoms with Crippen LogP contribution in [0.1, 0.15) is 39.5 Å². The Morgan fingerprint density at radius 1 is 1.00 bits per heavy atom. The van der Waals surface area contributed by atoms with Gasteiger partial charge in [0.25, 0.3) is 6.92 Å². The third kappa shape index (κ3) is 6.42. The van der Waals surface area contributed by atoms with E-state index in [0.717, 1.165) is 0 Å². The summed E-state index contributed by atoms with van der Waals surface area (Å²) in [4.78, 5) is 0. The summed E-state index contributed by atoms with van der Waals surface area (Å²) in [5.41, 5.74) is 0. The van der Waals surface area contributed by atoms with Gasteiger partial charge in [0, 0.05) is 7.11 Å². The van der Waals surface area contributed by atoms with E-state index in [0.29, 0.717) is 6.92 Å². The van der Waals surface area contributed by atoms with Gasteiger partial charge in [0.1, 0.15) is 0 Å². The fourth-order valence-corrected chi connectivity index (χ4v) is 1.24. The van der Waals surface area contributed by atoms with Crippen molar-refractivity contribution in [1.82, 2.24) is 0 Å². The molecule has 0 heterocycles. The number of hydrogen-bond donors (Lipinski definition) is 0. The van der Waals surface area contributed by atoms with Gasteiger partial charge in [0.2, 0.25) is 0 Å². The van der Waals surface area contributed by atoms with Crippen molar-refractivity contribution in [2.75, 3.05) is 7.11 Å². The second-order valence-corrected chi connectivity index (χ2v) is 3.14. The first-order valence-electron chi connectivity index (χ1n) is 4.87. The zero-order valence-electron chi connectivity index (χ0n) is 8.23. The third-order valence-electron chi connectivity index (χ3n) is 2.09. The topological polar surface area (TPSA) is 9.23 Å². The zero-order chi connectivity index (χ0) is 8.53. The Morgan fingerprint density at radius 3 is 1.73 bits per heavy atom. The second kappa shape index (κ2) is 8.12. The van der Waals surface area contributed by atoms with E-state index >= 15 is 0 Å². The summed E-state index contributed by atoms with van der Waals surface area (Å²) in [7, 11) is 1.83. The summed E-state index contributed by atoms with van der Waals surface area (Å²) in [6.45, 7) is 4.98. The van der Waals surface area contributed by atoms with Gasteiger partial charge >= 0.3 is 0 Å². The summed E-state index contributed by atoms with van der Waals surface area (Å²) in [5.74, 6) is 0. The molecule has 0 atom stereocenters. The molecule has 1 nitrogen and oxygen atoms in total. The van der Waals surface area contributed by atoms with Crippen molar-refractivity contribution in [3.63, 3.8) is 0 Å². The molecule has 0 aromatic heterocycles. The summed E-state index contributed by atoms with van der Waals surface area (Å²) in [5, 5.41) is 0. The van der Waals surface area contributed by atoms with E-state index in [9.17, 15) is 0 Å². The van der Waals surface area contributed by atoms with Crippen molar-refractivity contribution in [3.05, 3.63) is 0 Å². The average molecular weight is 156 g/mol. The summed E-state index contributed by atoms with van der Waals surface area (Å²) in [6.07, 6.45) is 7.67. The minimum Gasteiger partial charge on any atom is -0.439 e. The minimum atomic E-state index is 0.523. The summed E-state index contributed by atoms with van der Waals surface area (Å²) >= 11 is 0. The highest BCUT2D eigenvalue weighted by Gasteiger charge is 2.11. The smallest absolute Gasteiger partial charge is 0.292 e. The van der Waals surface area contributed by atoms with Crippen LogP contribution in [-0.4, -0.2) is 14.0 Å². The minimum absolute atomic E-state index is 0.523. The maximum absolute atomic E-state index is 5.35. The van der Waals surface area contributed by atoms with E-state index in [4.69, 9.17) is 4.65 Å². The van der Waals surface area contributed by atoms with E-state index in [-0.39, 0.29) is 0 Å².